The molecule has 1 N–H and O–H groups in total. The molecule has 1 aliphatic heterocycles. The number of fused-ring (bicyclic) bond motifs is 3. The van der Waals surface area contributed by atoms with Crippen molar-refractivity contribution in [3.05, 3.63) is 106 Å². The maximum absolute atomic E-state index is 13.7. The maximum Gasteiger partial charge on any atom is 0.253 e. The van der Waals surface area contributed by atoms with Gasteiger partial charge in [-0.1, -0.05) is 41.9 Å². The van der Waals surface area contributed by atoms with Crippen LogP contribution in [0.15, 0.2) is 73.3 Å². The number of imidazole rings is 1. The molecule has 7 nitrogen and oxygen atoms in total. The predicted molar refractivity (Wildman–Crippen MR) is 139 cm³/mol. The topological polar surface area (TPSA) is 77.6 Å². The van der Waals surface area contributed by atoms with Crippen LogP contribution in [-0.2, 0) is 18.5 Å². The second-order valence-electron chi connectivity index (χ2n) is 9.47. The summed E-state index contributed by atoms with van der Waals surface area (Å²) in [6.07, 6.45) is 4.67. The van der Waals surface area contributed by atoms with E-state index in [4.69, 9.17) is 16.6 Å². The van der Waals surface area contributed by atoms with E-state index in [0.29, 0.717) is 17.1 Å². The molecule has 36 heavy (non-hydrogen) atoms. The highest BCUT2D eigenvalue weighted by Gasteiger charge is 2.39. The lowest BCUT2D eigenvalue weighted by molar-refractivity contribution is 0.0867. The number of aromatic nitrogens is 5. The minimum absolute atomic E-state index is 0.209. The Labute approximate surface area is 213 Å². The standard InChI is InChI=1S/C28H25ClN6O/c1-18-12-24-25(13-19(18)2)35-15-28(11-10-26(35)32-24,20-6-4-3-5-7-20)33-27(36)22-9-8-21(14-23(22)29)34-16-30-31-17-34/h3-9,12-14,16-17H,10-11,15H2,1-2H3,(H,33,36)/t28-/m1/s1. The molecule has 1 aliphatic rings. The lowest BCUT2D eigenvalue weighted by atomic mass is 9.82. The number of nitrogens with one attached hydrogen (secondary N) is 1. The van der Waals surface area contributed by atoms with Crippen molar-refractivity contribution in [2.24, 2.45) is 0 Å². The van der Waals surface area contributed by atoms with Crippen molar-refractivity contribution >= 4 is 28.5 Å². The van der Waals surface area contributed by atoms with Crippen LogP contribution < -0.4 is 5.32 Å². The monoisotopic (exact) mass is 496 g/mol. The van der Waals surface area contributed by atoms with Crippen molar-refractivity contribution in [3.63, 3.8) is 0 Å². The third kappa shape index (κ3) is 3.76. The summed E-state index contributed by atoms with van der Waals surface area (Å²) >= 11 is 6.59. The van der Waals surface area contributed by atoms with Gasteiger partial charge in [0, 0.05) is 12.1 Å². The molecule has 3 aromatic carbocycles. The van der Waals surface area contributed by atoms with Crippen LogP contribution in [0.1, 0.15) is 39.3 Å². The van der Waals surface area contributed by atoms with Gasteiger partial charge in [-0.3, -0.25) is 9.36 Å². The molecule has 0 fully saturated rings. The van der Waals surface area contributed by atoms with Crippen molar-refractivity contribution in [2.75, 3.05) is 0 Å². The van der Waals surface area contributed by atoms with E-state index >= 15 is 0 Å². The molecule has 3 heterocycles. The molecular weight excluding hydrogens is 472 g/mol. The first-order valence-electron chi connectivity index (χ1n) is 11.9. The lowest BCUT2D eigenvalue weighted by Gasteiger charge is -2.39. The van der Waals surface area contributed by atoms with Gasteiger partial charge in [0.25, 0.3) is 5.91 Å². The summed E-state index contributed by atoms with van der Waals surface area (Å²) in [7, 11) is 0. The number of benzene rings is 3. The van der Waals surface area contributed by atoms with Crippen LogP contribution in [0.2, 0.25) is 5.02 Å². The van der Waals surface area contributed by atoms with Crippen LogP contribution in [0.25, 0.3) is 16.7 Å². The van der Waals surface area contributed by atoms with Crippen molar-refractivity contribution in [1.82, 2.24) is 29.6 Å². The second kappa shape index (κ2) is 8.60. The van der Waals surface area contributed by atoms with Crippen molar-refractivity contribution < 1.29 is 4.79 Å². The van der Waals surface area contributed by atoms with Gasteiger partial charge in [0.15, 0.2) is 0 Å². The highest BCUT2D eigenvalue weighted by atomic mass is 35.5. The molecule has 1 amide bonds. The Bertz CT molecular complexity index is 1590. The van der Waals surface area contributed by atoms with Crippen LogP contribution in [0.5, 0.6) is 0 Å². The molecule has 180 valence electrons. The molecule has 0 radical (unpaired) electrons. The second-order valence-corrected chi connectivity index (χ2v) is 9.88. The fourth-order valence-corrected chi connectivity index (χ4v) is 5.37. The number of halogens is 1. The van der Waals surface area contributed by atoms with Crippen LogP contribution in [-0.4, -0.2) is 30.2 Å². The van der Waals surface area contributed by atoms with E-state index in [1.54, 1.807) is 29.4 Å². The number of carbonyl (C=O) groups is 1. The molecule has 2 aromatic heterocycles. The number of amides is 1. The molecule has 0 aliphatic carbocycles. The van der Waals surface area contributed by atoms with Gasteiger partial charge in [-0.15, -0.1) is 10.2 Å². The van der Waals surface area contributed by atoms with Gasteiger partial charge in [-0.05, 0) is 67.3 Å². The zero-order valence-corrected chi connectivity index (χ0v) is 20.8. The summed E-state index contributed by atoms with van der Waals surface area (Å²) in [5, 5.41) is 11.4. The molecule has 1 atom stereocenters. The minimum Gasteiger partial charge on any atom is -0.341 e. The van der Waals surface area contributed by atoms with Crippen molar-refractivity contribution in [1.29, 1.82) is 0 Å². The molecule has 8 heteroatoms. The van der Waals surface area contributed by atoms with E-state index in [-0.39, 0.29) is 5.91 Å². The Hall–Kier alpha value is -3.97. The molecule has 0 saturated heterocycles. The molecule has 0 bridgehead atoms. The van der Waals surface area contributed by atoms with Gasteiger partial charge < -0.3 is 9.88 Å². The molecule has 6 rings (SSSR count). The van der Waals surface area contributed by atoms with Crippen LogP contribution in [0.3, 0.4) is 0 Å². The van der Waals surface area contributed by atoms with Gasteiger partial charge in [-0.25, -0.2) is 4.98 Å². The van der Waals surface area contributed by atoms with E-state index < -0.39 is 5.54 Å². The SMILES string of the molecule is Cc1cc2nc3n(c2cc1C)C[C@@](NC(=O)c1ccc(-n2cnnc2)cc1Cl)(c1ccccc1)CC3. The van der Waals surface area contributed by atoms with E-state index in [1.807, 2.05) is 24.3 Å². The molecule has 0 spiro atoms. The van der Waals surface area contributed by atoms with Crippen LogP contribution >= 0.6 is 11.6 Å². The van der Waals surface area contributed by atoms with Crippen LogP contribution in [0.4, 0.5) is 0 Å². The van der Waals surface area contributed by atoms with E-state index in [2.05, 4.69) is 58.2 Å². The first kappa shape index (κ1) is 22.5. The number of carbonyl (C=O) groups excluding carboxylic acids is 1. The van der Waals surface area contributed by atoms with E-state index in [0.717, 1.165) is 41.0 Å². The smallest absolute Gasteiger partial charge is 0.253 e. The zero-order valence-electron chi connectivity index (χ0n) is 20.1. The molecule has 5 aromatic rings. The average molecular weight is 497 g/mol. The van der Waals surface area contributed by atoms with Gasteiger partial charge in [0.1, 0.15) is 18.5 Å². The summed E-state index contributed by atoms with van der Waals surface area (Å²) in [6.45, 7) is 4.82. The van der Waals surface area contributed by atoms with Crippen molar-refractivity contribution in [2.45, 2.75) is 38.8 Å². The van der Waals surface area contributed by atoms with Gasteiger partial charge in [-0.2, -0.15) is 0 Å². The Morgan fingerprint density at radius 2 is 1.75 bits per heavy atom. The summed E-state index contributed by atoms with van der Waals surface area (Å²) in [4.78, 5) is 18.6. The Balaban J connectivity index is 1.39. The molecule has 0 unspecified atom stereocenters. The van der Waals surface area contributed by atoms with E-state index in [9.17, 15) is 4.79 Å². The number of hydrogen-bond acceptors (Lipinski definition) is 4. The Kier molecular flexibility index (Phi) is 5.38. The third-order valence-electron chi connectivity index (χ3n) is 7.24. The fraction of sp³-hybridized carbons (Fsp3) is 0.214. The minimum atomic E-state index is -0.603. The first-order chi connectivity index (χ1) is 17.4. The first-order valence-corrected chi connectivity index (χ1v) is 12.3. The van der Waals surface area contributed by atoms with Gasteiger partial charge in [0.05, 0.1) is 33.7 Å². The van der Waals surface area contributed by atoms with Gasteiger partial charge in [0.2, 0.25) is 0 Å². The number of aryl methyl sites for hydroxylation is 3. The summed E-state index contributed by atoms with van der Waals surface area (Å²) in [5.74, 6) is 0.839. The molecular formula is C28H25ClN6O. The number of nitrogens with zero attached hydrogens (tertiary/aromatic N) is 5. The quantitative estimate of drug-likeness (QED) is 0.373. The maximum atomic E-state index is 13.7. The zero-order chi connectivity index (χ0) is 24.9. The summed E-state index contributed by atoms with van der Waals surface area (Å²) in [5.41, 5.74) is 6.22. The highest BCUT2D eigenvalue weighted by Crippen LogP contribution is 2.36. The average Bonchev–Trinajstić information content (AvgIpc) is 3.53. The number of hydrogen-bond donors (Lipinski definition) is 1. The highest BCUT2D eigenvalue weighted by molar-refractivity contribution is 6.34. The Morgan fingerprint density at radius 3 is 2.50 bits per heavy atom. The Morgan fingerprint density at radius 1 is 1.00 bits per heavy atom. The molecule has 0 saturated carbocycles. The summed E-state index contributed by atoms with van der Waals surface area (Å²) in [6, 6.07) is 19.9. The third-order valence-corrected chi connectivity index (χ3v) is 7.55. The fourth-order valence-electron chi connectivity index (χ4n) is 5.11. The van der Waals surface area contributed by atoms with Crippen LogP contribution in [0, 0.1) is 13.8 Å². The predicted octanol–water partition coefficient (Wildman–Crippen LogP) is 5.16. The number of rotatable bonds is 4. The lowest BCUT2D eigenvalue weighted by Crippen LogP contribution is -2.51. The van der Waals surface area contributed by atoms with E-state index in [1.165, 1.54) is 11.1 Å². The normalized spacial score (nSPS) is 17.2. The van der Waals surface area contributed by atoms with Crippen molar-refractivity contribution in [3.8, 4) is 5.69 Å². The van der Waals surface area contributed by atoms with Gasteiger partial charge >= 0.3 is 0 Å². The summed E-state index contributed by atoms with van der Waals surface area (Å²) < 4.78 is 4.00. The largest absolute Gasteiger partial charge is 0.341 e.